The molecule has 0 saturated heterocycles. The number of sulfonamides is 1. The number of anilines is 2. The molecule has 2 heterocycles. The monoisotopic (exact) mass is 505 g/mol. The highest BCUT2D eigenvalue weighted by Gasteiger charge is 2.24. The molecule has 0 atom stereocenters. The van der Waals surface area contributed by atoms with E-state index >= 15 is 4.39 Å². The van der Waals surface area contributed by atoms with E-state index in [0.717, 1.165) is 6.26 Å². The van der Waals surface area contributed by atoms with Gasteiger partial charge in [-0.3, -0.25) is 14.7 Å². The molecule has 0 aliphatic carbocycles. The minimum Gasteiger partial charge on any atom is -0.453 e. The Morgan fingerprint density at radius 2 is 1.91 bits per heavy atom. The molecule has 0 unspecified atom stereocenters. The summed E-state index contributed by atoms with van der Waals surface area (Å²) in [5.41, 5.74) is 0.223. The highest BCUT2D eigenvalue weighted by Crippen LogP contribution is 2.35. The lowest BCUT2D eigenvalue weighted by Gasteiger charge is -2.26. The molecule has 3 rings (SSSR count). The van der Waals surface area contributed by atoms with Gasteiger partial charge < -0.3 is 10.1 Å². The number of nitrogens with zero attached hydrogens (tertiary/aromatic N) is 4. The molecule has 3 N–H and O–H groups in total. The minimum absolute atomic E-state index is 0.0366. The number of rotatable bonds is 8. The van der Waals surface area contributed by atoms with Crippen LogP contribution in [0.3, 0.4) is 0 Å². The number of hydrogen-bond acceptors (Lipinski definition) is 8. The lowest BCUT2D eigenvalue weighted by atomic mass is 10.0. The lowest BCUT2D eigenvalue weighted by Crippen LogP contribution is -2.49. The Bertz CT molecular complexity index is 1340. The Balaban J connectivity index is 2.08. The van der Waals surface area contributed by atoms with Crippen molar-refractivity contribution >= 4 is 27.8 Å². The van der Waals surface area contributed by atoms with Crippen LogP contribution in [0.1, 0.15) is 33.7 Å². The summed E-state index contributed by atoms with van der Waals surface area (Å²) in [5, 5.41) is 10.2. The Hall–Kier alpha value is -3.74. The molecular weight excluding hydrogens is 477 g/mol. The van der Waals surface area contributed by atoms with Gasteiger partial charge in [0.25, 0.3) is 0 Å². The van der Waals surface area contributed by atoms with Crippen LogP contribution in [0.5, 0.6) is 0 Å². The number of ether oxygens (including phenoxy) is 1. The maximum absolute atomic E-state index is 15.4. The van der Waals surface area contributed by atoms with Gasteiger partial charge in [-0.25, -0.2) is 27.6 Å². The fourth-order valence-corrected chi connectivity index (χ4v) is 3.78. The van der Waals surface area contributed by atoms with Crippen molar-refractivity contribution in [3.8, 4) is 22.5 Å². The molecule has 0 aliphatic heterocycles. The summed E-state index contributed by atoms with van der Waals surface area (Å²) in [7, 11) is -2.43. The smallest absolute Gasteiger partial charge is 0.408 e. The van der Waals surface area contributed by atoms with Crippen LogP contribution in [0, 0.1) is 5.82 Å². The molecule has 0 aliphatic rings. The highest BCUT2D eigenvalue weighted by molar-refractivity contribution is 7.92. The number of benzene rings is 1. The molecule has 1 amide bonds. The third-order valence-corrected chi connectivity index (χ3v) is 5.36. The predicted octanol–water partition coefficient (Wildman–Crippen LogP) is 3.60. The number of methoxy groups -OCH3 is 1. The predicted molar refractivity (Wildman–Crippen MR) is 131 cm³/mol. The van der Waals surface area contributed by atoms with Gasteiger partial charge in [-0.2, -0.15) is 5.10 Å². The van der Waals surface area contributed by atoms with E-state index in [1.165, 1.54) is 31.5 Å². The number of nitrogens with one attached hydrogen (secondary N) is 3. The van der Waals surface area contributed by atoms with Gasteiger partial charge in [-0.1, -0.05) is 6.07 Å². The highest BCUT2D eigenvalue weighted by atomic mass is 32.2. The van der Waals surface area contributed by atoms with Crippen LogP contribution in [0.4, 0.5) is 20.8 Å². The Labute approximate surface area is 203 Å². The molecule has 0 radical (unpaired) electrons. The second-order valence-electron chi connectivity index (χ2n) is 8.64. The van der Waals surface area contributed by atoms with Crippen molar-refractivity contribution in [2.45, 2.75) is 39.4 Å². The van der Waals surface area contributed by atoms with Crippen molar-refractivity contribution in [3.63, 3.8) is 0 Å². The second-order valence-corrected chi connectivity index (χ2v) is 10.4. The van der Waals surface area contributed by atoms with Crippen LogP contribution in [-0.2, 0) is 14.8 Å². The standard InChI is InChI=1S/C22H28FN7O4S/c1-13(2)30-12-15(16-10-11-24-20(25-16)26-22(3,4)27-21(31)34-5)19(28-30)14-8-7-9-17(18(14)23)29-35(6,32)33/h7-13,29H,1-6H3,(H,27,31)(H,24,25,26). The molecule has 0 bridgehead atoms. The quantitative estimate of drug-likeness (QED) is 0.395. The van der Waals surface area contributed by atoms with Gasteiger partial charge >= 0.3 is 6.09 Å². The van der Waals surface area contributed by atoms with Crippen LogP contribution in [0.2, 0.25) is 0 Å². The summed E-state index contributed by atoms with van der Waals surface area (Å²) >= 11 is 0. The van der Waals surface area contributed by atoms with Crippen LogP contribution in [0.25, 0.3) is 22.5 Å². The van der Waals surface area contributed by atoms with Crippen LogP contribution in [-0.4, -0.2) is 53.3 Å². The van der Waals surface area contributed by atoms with Crippen molar-refractivity contribution < 1.29 is 22.3 Å². The van der Waals surface area contributed by atoms with Crippen LogP contribution < -0.4 is 15.4 Å². The summed E-state index contributed by atoms with van der Waals surface area (Å²) in [5.74, 6) is -0.552. The lowest BCUT2D eigenvalue weighted by molar-refractivity contribution is 0.162. The van der Waals surface area contributed by atoms with Gasteiger partial charge in [0.2, 0.25) is 16.0 Å². The number of aromatic nitrogens is 4. The van der Waals surface area contributed by atoms with Crippen LogP contribution in [0.15, 0.2) is 36.7 Å². The summed E-state index contributed by atoms with van der Waals surface area (Å²) in [4.78, 5) is 20.4. The van der Waals surface area contributed by atoms with E-state index in [1.54, 1.807) is 30.8 Å². The van der Waals surface area contributed by atoms with E-state index in [-0.39, 0.29) is 28.9 Å². The Morgan fingerprint density at radius 3 is 2.54 bits per heavy atom. The second kappa shape index (κ2) is 9.86. The van der Waals surface area contributed by atoms with E-state index in [9.17, 15) is 13.2 Å². The zero-order chi connectivity index (χ0) is 26.0. The average molecular weight is 506 g/mol. The molecule has 188 valence electrons. The van der Waals surface area contributed by atoms with E-state index in [2.05, 4.69) is 35.2 Å². The number of amides is 1. The topological polar surface area (TPSA) is 140 Å². The first-order valence-electron chi connectivity index (χ1n) is 10.6. The molecule has 35 heavy (non-hydrogen) atoms. The van der Waals surface area contributed by atoms with E-state index in [1.807, 2.05) is 13.8 Å². The molecule has 2 aromatic heterocycles. The van der Waals surface area contributed by atoms with Gasteiger partial charge in [0.15, 0.2) is 5.82 Å². The molecule has 0 fully saturated rings. The third kappa shape index (κ3) is 6.44. The van der Waals surface area contributed by atoms with E-state index in [0.29, 0.717) is 11.3 Å². The van der Waals surface area contributed by atoms with E-state index < -0.39 is 27.6 Å². The zero-order valence-corrected chi connectivity index (χ0v) is 21.1. The number of halogens is 1. The normalized spacial score (nSPS) is 11.9. The number of alkyl carbamates (subject to hydrolysis) is 1. The van der Waals surface area contributed by atoms with Crippen molar-refractivity contribution in [2.24, 2.45) is 0 Å². The molecule has 13 heteroatoms. The maximum atomic E-state index is 15.4. The first-order chi connectivity index (χ1) is 16.3. The van der Waals surface area contributed by atoms with Crippen molar-refractivity contribution in [1.29, 1.82) is 0 Å². The molecule has 0 saturated carbocycles. The summed E-state index contributed by atoms with van der Waals surface area (Å²) in [6, 6.07) is 6.00. The van der Waals surface area contributed by atoms with Crippen molar-refractivity contribution in [1.82, 2.24) is 25.1 Å². The zero-order valence-electron chi connectivity index (χ0n) is 20.2. The van der Waals surface area contributed by atoms with Gasteiger partial charge in [-0.05, 0) is 45.9 Å². The summed E-state index contributed by atoms with van der Waals surface area (Å²) < 4.78 is 47.2. The molecule has 3 aromatic rings. The number of carbonyl (C=O) groups excluding carboxylic acids is 1. The first kappa shape index (κ1) is 25.9. The Morgan fingerprint density at radius 1 is 1.20 bits per heavy atom. The molecular formula is C22H28FN7O4S. The fourth-order valence-electron chi connectivity index (χ4n) is 3.22. The van der Waals surface area contributed by atoms with Crippen LogP contribution >= 0.6 is 0 Å². The maximum Gasteiger partial charge on any atom is 0.408 e. The van der Waals surface area contributed by atoms with Gasteiger partial charge in [-0.15, -0.1) is 0 Å². The summed E-state index contributed by atoms with van der Waals surface area (Å²) in [6.45, 7) is 7.26. The first-order valence-corrected chi connectivity index (χ1v) is 12.5. The SMILES string of the molecule is COC(=O)NC(C)(C)Nc1nccc(-c2cn(C(C)C)nc2-c2cccc(NS(C)(=O)=O)c2F)n1. The number of hydrogen-bond donors (Lipinski definition) is 3. The van der Waals surface area contributed by atoms with Crippen molar-refractivity contribution in [2.75, 3.05) is 23.4 Å². The van der Waals surface area contributed by atoms with E-state index in [4.69, 9.17) is 0 Å². The Kier molecular flexibility index (Phi) is 7.29. The fraction of sp³-hybridized carbons (Fsp3) is 0.364. The summed E-state index contributed by atoms with van der Waals surface area (Å²) in [6.07, 6.45) is 3.58. The van der Waals surface area contributed by atoms with Crippen molar-refractivity contribution in [3.05, 3.63) is 42.5 Å². The van der Waals surface area contributed by atoms with Gasteiger partial charge in [0.05, 0.1) is 24.7 Å². The van der Waals surface area contributed by atoms with Gasteiger partial charge in [0.1, 0.15) is 11.4 Å². The van der Waals surface area contributed by atoms with Gasteiger partial charge in [0, 0.05) is 29.6 Å². The number of carbonyl (C=O) groups is 1. The molecule has 1 aromatic carbocycles. The molecule has 0 spiro atoms. The minimum atomic E-state index is -3.69. The third-order valence-electron chi connectivity index (χ3n) is 4.77. The molecule has 11 nitrogen and oxygen atoms in total. The average Bonchev–Trinajstić information content (AvgIpc) is 3.19. The largest absolute Gasteiger partial charge is 0.453 e.